The molecule has 3 heterocycles. The number of nitrogens with zero attached hydrogens (tertiary/aromatic N) is 6. The van der Waals surface area contributed by atoms with Crippen molar-refractivity contribution in [3.05, 3.63) is 18.7 Å². The molecule has 8 heteroatoms. The quantitative estimate of drug-likeness (QED) is 0.790. The van der Waals surface area contributed by atoms with E-state index in [1.165, 1.54) is 0 Å². The number of fused-ring (bicyclic) bond motifs is 1. The van der Waals surface area contributed by atoms with Crippen LogP contribution in [-0.4, -0.2) is 63.4 Å². The largest absolute Gasteiger partial charge is 0.450 e. The van der Waals surface area contributed by atoms with Crippen LogP contribution in [0.15, 0.2) is 18.7 Å². The van der Waals surface area contributed by atoms with E-state index in [1.54, 1.807) is 23.6 Å². The van der Waals surface area contributed by atoms with Crippen molar-refractivity contribution in [2.75, 3.05) is 37.7 Å². The topological polar surface area (TPSA) is 75.9 Å². The van der Waals surface area contributed by atoms with Crippen LogP contribution in [0.5, 0.6) is 0 Å². The van der Waals surface area contributed by atoms with E-state index in [9.17, 15) is 4.79 Å². The fourth-order valence-electron chi connectivity index (χ4n) is 2.31. The summed E-state index contributed by atoms with van der Waals surface area (Å²) in [5.74, 6) is 0.941. The Morgan fingerprint density at radius 2 is 2.10 bits per heavy atom. The van der Waals surface area contributed by atoms with E-state index in [-0.39, 0.29) is 6.09 Å². The first-order valence-electron chi connectivity index (χ1n) is 6.60. The van der Waals surface area contributed by atoms with Crippen molar-refractivity contribution in [2.45, 2.75) is 6.92 Å². The minimum absolute atomic E-state index is 0.243. The van der Waals surface area contributed by atoms with Crippen molar-refractivity contribution >= 4 is 17.6 Å². The van der Waals surface area contributed by atoms with Crippen molar-refractivity contribution < 1.29 is 9.53 Å². The normalized spacial score (nSPS) is 15.7. The van der Waals surface area contributed by atoms with Crippen LogP contribution in [0, 0.1) is 0 Å². The first-order chi connectivity index (χ1) is 9.79. The Morgan fingerprint density at radius 1 is 1.30 bits per heavy atom. The minimum Gasteiger partial charge on any atom is -0.450 e. The van der Waals surface area contributed by atoms with Gasteiger partial charge in [-0.3, -0.25) is 9.38 Å². The highest BCUT2D eigenvalue weighted by molar-refractivity contribution is 5.68. The molecule has 2 aromatic heterocycles. The molecule has 0 N–H and O–H groups in total. The summed E-state index contributed by atoms with van der Waals surface area (Å²) < 4.78 is 6.91. The standard InChI is InChI=1S/C12H16N6O2/c1-2-20-12(19)17-5-3-16(4-6-17)11-8-13-7-10-15-14-9-18(10)11/h7-9H,2-6H2,1H3. The third kappa shape index (κ3) is 2.24. The maximum absolute atomic E-state index is 11.7. The lowest BCUT2D eigenvalue weighted by Gasteiger charge is -2.35. The summed E-state index contributed by atoms with van der Waals surface area (Å²) in [4.78, 5) is 19.7. The molecule has 1 aliphatic heterocycles. The Morgan fingerprint density at radius 3 is 2.85 bits per heavy atom. The number of amides is 1. The molecule has 0 unspecified atom stereocenters. The average Bonchev–Trinajstić information content (AvgIpc) is 2.96. The molecule has 0 atom stereocenters. The molecular formula is C12H16N6O2. The third-order valence-electron chi connectivity index (χ3n) is 3.33. The number of carbonyl (C=O) groups is 1. The van der Waals surface area contributed by atoms with E-state index in [4.69, 9.17) is 4.74 Å². The second kappa shape index (κ2) is 5.32. The predicted molar refractivity (Wildman–Crippen MR) is 71.6 cm³/mol. The Labute approximate surface area is 116 Å². The lowest BCUT2D eigenvalue weighted by atomic mass is 10.3. The van der Waals surface area contributed by atoms with Gasteiger partial charge in [0.2, 0.25) is 0 Å². The monoisotopic (exact) mass is 276 g/mol. The summed E-state index contributed by atoms with van der Waals surface area (Å²) in [6, 6.07) is 0. The maximum atomic E-state index is 11.7. The molecule has 0 aliphatic carbocycles. The molecule has 3 rings (SSSR count). The van der Waals surface area contributed by atoms with E-state index in [1.807, 2.05) is 11.3 Å². The molecular weight excluding hydrogens is 260 g/mol. The van der Waals surface area contributed by atoms with E-state index in [0.29, 0.717) is 19.7 Å². The number of anilines is 1. The summed E-state index contributed by atoms with van der Waals surface area (Å²) >= 11 is 0. The summed E-state index contributed by atoms with van der Waals surface area (Å²) in [5.41, 5.74) is 0.718. The SMILES string of the molecule is CCOC(=O)N1CCN(c2cncc3nncn23)CC1. The molecule has 2 aromatic rings. The van der Waals surface area contributed by atoms with Crippen molar-refractivity contribution in [3.8, 4) is 0 Å². The number of hydrogen-bond acceptors (Lipinski definition) is 6. The Balaban J connectivity index is 1.72. The van der Waals surface area contributed by atoms with Crippen molar-refractivity contribution in [1.82, 2.24) is 24.5 Å². The summed E-state index contributed by atoms with van der Waals surface area (Å²) in [6.45, 7) is 4.96. The molecule has 1 amide bonds. The summed E-state index contributed by atoms with van der Waals surface area (Å²) in [6.07, 6.45) is 4.89. The number of carbonyl (C=O) groups excluding carboxylic acids is 1. The lowest BCUT2D eigenvalue weighted by molar-refractivity contribution is 0.105. The molecule has 0 saturated carbocycles. The van der Waals surface area contributed by atoms with Gasteiger partial charge in [0.1, 0.15) is 12.1 Å². The van der Waals surface area contributed by atoms with Crippen LogP contribution < -0.4 is 4.90 Å². The Kier molecular flexibility index (Phi) is 3.36. The highest BCUT2D eigenvalue weighted by Gasteiger charge is 2.23. The van der Waals surface area contributed by atoms with Crippen LogP contribution in [0.1, 0.15) is 6.92 Å². The van der Waals surface area contributed by atoms with Gasteiger partial charge >= 0.3 is 6.09 Å². The maximum Gasteiger partial charge on any atom is 0.409 e. The van der Waals surface area contributed by atoms with Gasteiger partial charge in [-0.25, -0.2) is 4.79 Å². The van der Waals surface area contributed by atoms with Gasteiger partial charge in [0.15, 0.2) is 5.65 Å². The molecule has 20 heavy (non-hydrogen) atoms. The van der Waals surface area contributed by atoms with Crippen molar-refractivity contribution in [2.24, 2.45) is 0 Å². The molecule has 106 valence electrons. The smallest absolute Gasteiger partial charge is 0.409 e. The summed E-state index contributed by atoms with van der Waals surface area (Å²) in [5, 5.41) is 7.87. The van der Waals surface area contributed by atoms with Crippen LogP contribution in [0.3, 0.4) is 0 Å². The molecule has 0 spiro atoms. The predicted octanol–water partition coefficient (Wildman–Crippen LogP) is 0.403. The Bertz CT molecular complexity index is 605. The second-order valence-corrected chi connectivity index (χ2v) is 4.50. The highest BCUT2D eigenvalue weighted by Crippen LogP contribution is 2.16. The number of rotatable bonds is 2. The van der Waals surface area contributed by atoms with Crippen molar-refractivity contribution in [3.63, 3.8) is 0 Å². The fraction of sp³-hybridized carbons (Fsp3) is 0.500. The minimum atomic E-state index is -0.243. The van der Waals surface area contributed by atoms with Gasteiger partial charge in [-0.2, -0.15) is 0 Å². The lowest BCUT2D eigenvalue weighted by Crippen LogP contribution is -2.49. The highest BCUT2D eigenvalue weighted by atomic mass is 16.6. The first kappa shape index (κ1) is 12.6. The number of piperazine rings is 1. The average molecular weight is 276 g/mol. The summed E-state index contributed by atoms with van der Waals surface area (Å²) in [7, 11) is 0. The molecule has 0 radical (unpaired) electrons. The van der Waals surface area contributed by atoms with Gasteiger partial charge in [-0.15, -0.1) is 10.2 Å². The molecule has 1 fully saturated rings. The van der Waals surface area contributed by atoms with Gasteiger partial charge in [0.05, 0.1) is 19.0 Å². The van der Waals surface area contributed by atoms with Gasteiger partial charge in [0, 0.05) is 26.2 Å². The zero-order chi connectivity index (χ0) is 13.9. The zero-order valence-corrected chi connectivity index (χ0v) is 11.3. The molecule has 0 aromatic carbocycles. The number of aromatic nitrogens is 4. The first-order valence-corrected chi connectivity index (χ1v) is 6.60. The number of ether oxygens (including phenoxy) is 1. The van der Waals surface area contributed by atoms with E-state index >= 15 is 0 Å². The molecule has 1 saturated heterocycles. The van der Waals surface area contributed by atoms with Gasteiger partial charge in [-0.05, 0) is 6.92 Å². The van der Waals surface area contributed by atoms with Crippen LogP contribution in [-0.2, 0) is 4.74 Å². The zero-order valence-electron chi connectivity index (χ0n) is 11.3. The van der Waals surface area contributed by atoms with E-state index in [2.05, 4.69) is 20.1 Å². The van der Waals surface area contributed by atoms with Gasteiger partial charge in [0.25, 0.3) is 0 Å². The van der Waals surface area contributed by atoms with Crippen LogP contribution in [0.25, 0.3) is 5.65 Å². The van der Waals surface area contributed by atoms with Crippen LogP contribution in [0.2, 0.25) is 0 Å². The second-order valence-electron chi connectivity index (χ2n) is 4.50. The van der Waals surface area contributed by atoms with E-state index < -0.39 is 0 Å². The Hall–Kier alpha value is -2.38. The molecule has 8 nitrogen and oxygen atoms in total. The third-order valence-corrected chi connectivity index (χ3v) is 3.33. The fourth-order valence-corrected chi connectivity index (χ4v) is 2.31. The van der Waals surface area contributed by atoms with E-state index in [0.717, 1.165) is 24.6 Å². The van der Waals surface area contributed by atoms with Gasteiger partial charge in [-0.1, -0.05) is 0 Å². The molecule has 1 aliphatic rings. The van der Waals surface area contributed by atoms with Crippen LogP contribution in [0.4, 0.5) is 10.6 Å². The number of hydrogen-bond donors (Lipinski definition) is 0. The van der Waals surface area contributed by atoms with Gasteiger partial charge < -0.3 is 14.5 Å². The molecule has 0 bridgehead atoms. The van der Waals surface area contributed by atoms with Crippen LogP contribution >= 0.6 is 0 Å². The van der Waals surface area contributed by atoms with Crippen molar-refractivity contribution in [1.29, 1.82) is 0 Å².